The highest BCUT2D eigenvalue weighted by Crippen LogP contribution is 2.22. The van der Waals surface area contributed by atoms with Crippen LogP contribution in [0.2, 0.25) is 0 Å². The lowest BCUT2D eigenvalue weighted by molar-refractivity contribution is 0.0474. The number of β-amino-alcohol motifs (C(OH)–C–C–N with tert-alkyl or cyclic N) is 1. The van der Waals surface area contributed by atoms with Crippen molar-refractivity contribution >= 4 is 11.6 Å². The summed E-state index contributed by atoms with van der Waals surface area (Å²) in [5.41, 5.74) is 3.99. The second kappa shape index (κ2) is 11.1. The molecule has 190 valence electrons. The van der Waals surface area contributed by atoms with E-state index in [1.165, 1.54) is 0 Å². The number of hydrogen-bond donors (Lipinski definition) is 2. The predicted molar refractivity (Wildman–Crippen MR) is 140 cm³/mol. The fourth-order valence-electron chi connectivity index (χ4n) is 5.09. The third kappa shape index (κ3) is 5.71. The Morgan fingerprint density at radius 2 is 1.89 bits per heavy atom. The molecular weight excluding hydrogens is 454 g/mol. The summed E-state index contributed by atoms with van der Waals surface area (Å²) in [4.78, 5) is 16.9. The number of carbonyl (C=O) groups is 1. The zero-order valence-electron chi connectivity index (χ0n) is 20.8. The second-order valence-electron chi connectivity index (χ2n) is 9.73. The smallest absolute Gasteiger partial charge is 0.253 e. The fraction of sp³-hybridized carbons (Fsp3) is 0.429. The molecule has 5 rings (SSSR count). The molecule has 36 heavy (non-hydrogen) atoms. The molecule has 8 heteroatoms. The van der Waals surface area contributed by atoms with Crippen molar-refractivity contribution in [2.45, 2.75) is 44.4 Å². The molecule has 3 heterocycles. The third-order valence-corrected chi connectivity index (χ3v) is 7.21. The molecule has 8 nitrogen and oxygen atoms in total. The molecule has 0 unspecified atom stereocenters. The summed E-state index contributed by atoms with van der Waals surface area (Å²) in [5.74, 6) is 0.829. The summed E-state index contributed by atoms with van der Waals surface area (Å²) in [6.07, 6.45) is 7.34. The third-order valence-electron chi connectivity index (χ3n) is 7.21. The predicted octanol–water partition coefficient (Wildman–Crippen LogP) is 3.24. The first-order chi connectivity index (χ1) is 17.6. The largest absolute Gasteiger partial charge is 0.497 e. The van der Waals surface area contributed by atoms with E-state index >= 15 is 0 Å². The van der Waals surface area contributed by atoms with E-state index in [4.69, 9.17) is 4.74 Å². The standard InChI is InChI=1S/C28H35N5O3/c1-36-27-6-2-4-25(16-27)33-19-21(18-30-33)17-29-23-11-14-31(15-12-23)24-9-7-22(8-10-24)28(35)32-13-3-5-26(34)20-32/h2,4,6-10,16,18-19,23,26,29,34H,3,5,11-15,17,20H2,1H3/t26-/m0/s1. The maximum absolute atomic E-state index is 12.8. The van der Waals surface area contributed by atoms with E-state index in [0.29, 0.717) is 18.2 Å². The molecule has 2 fully saturated rings. The van der Waals surface area contributed by atoms with Crippen LogP contribution < -0.4 is 15.0 Å². The molecule has 0 radical (unpaired) electrons. The van der Waals surface area contributed by atoms with Crippen molar-refractivity contribution in [3.63, 3.8) is 0 Å². The number of likely N-dealkylation sites (tertiary alicyclic amines) is 1. The van der Waals surface area contributed by atoms with Crippen molar-refractivity contribution in [1.29, 1.82) is 0 Å². The first-order valence-electron chi connectivity index (χ1n) is 12.8. The summed E-state index contributed by atoms with van der Waals surface area (Å²) in [6.45, 7) is 3.90. The zero-order valence-corrected chi connectivity index (χ0v) is 20.8. The van der Waals surface area contributed by atoms with Crippen molar-refractivity contribution in [3.05, 3.63) is 72.1 Å². The van der Waals surface area contributed by atoms with Gasteiger partial charge in [0.25, 0.3) is 5.91 Å². The van der Waals surface area contributed by atoms with Crippen LogP contribution >= 0.6 is 0 Å². The maximum atomic E-state index is 12.8. The summed E-state index contributed by atoms with van der Waals surface area (Å²) >= 11 is 0. The highest BCUT2D eigenvalue weighted by Gasteiger charge is 2.24. The zero-order chi connectivity index (χ0) is 24.9. The summed E-state index contributed by atoms with van der Waals surface area (Å²) in [7, 11) is 1.67. The van der Waals surface area contributed by atoms with E-state index in [1.54, 1.807) is 12.0 Å². The van der Waals surface area contributed by atoms with Crippen LogP contribution in [0.4, 0.5) is 5.69 Å². The van der Waals surface area contributed by atoms with Gasteiger partial charge in [0.2, 0.25) is 0 Å². The Balaban J connectivity index is 1.09. The number of aliphatic hydroxyl groups excluding tert-OH is 1. The van der Waals surface area contributed by atoms with Crippen molar-refractivity contribution in [2.24, 2.45) is 0 Å². The van der Waals surface area contributed by atoms with Crippen molar-refractivity contribution in [1.82, 2.24) is 20.0 Å². The molecule has 1 aromatic heterocycles. The first kappa shape index (κ1) is 24.3. The number of hydrogen-bond acceptors (Lipinski definition) is 6. The highest BCUT2D eigenvalue weighted by atomic mass is 16.5. The Hall–Kier alpha value is -3.36. The Kier molecular flexibility index (Phi) is 7.53. The number of carbonyl (C=O) groups excluding carboxylic acids is 1. The normalized spacial score (nSPS) is 18.9. The number of amides is 1. The SMILES string of the molecule is COc1cccc(-n2cc(CNC3CCN(c4ccc(C(=O)N5CCC[C@H](O)C5)cc4)CC3)cn2)c1. The lowest BCUT2D eigenvalue weighted by Crippen LogP contribution is -2.42. The highest BCUT2D eigenvalue weighted by molar-refractivity contribution is 5.94. The van der Waals surface area contributed by atoms with E-state index in [-0.39, 0.29) is 5.91 Å². The molecule has 1 amide bonds. The molecule has 0 saturated carbocycles. The number of nitrogens with one attached hydrogen (secondary N) is 1. The van der Waals surface area contributed by atoms with Gasteiger partial charge in [0, 0.05) is 67.8 Å². The molecule has 2 aromatic carbocycles. The van der Waals surface area contributed by atoms with Gasteiger partial charge in [-0.05, 0) is 62.1 Å². The molecule has 2 saturated heterocycles. The minimum atomic E-state index is -0.402. The van der Waals surface area contributed by atoms with Gasteiger partial charge in [0.1, 0.15) is 5.75 Å². The van der Waals surface area contributed by atoms with Crippen LogP contribution in [0.15, 0.2) is 60.9 Å². The van der Waals surface area contributed by atoms with Gasteiger partial charge in [-0.2, -0.15) is 5.10 Å². The average Bonchev–Trinajstić information content (AvgIpc) is 3.41. The number of aromatic nitrogens is 2. The van der Waals surface area contributed by atoms with Crippen LogP contribution in [0.25, 0.3) is 5.69 Å². The monoisotopic (exact) mass is 489 g/mol. The van der Waals surface area contributed by atoms with E-state index in [2.05, 4.69) is 21.5 Å². The first-order valence-corrected chi connectivity index (χ1v) is 12.8. The minimum absolute atomic E-state index is 0.0120. The number of ether oxygens (including phenoxy) is 1. The van der Waals surface area contributed by atoms with Gasteiger partial charge in [-0.1, -0.05) is 6.07 Å². The molecular formula is C28H35N5O3. The summed E-state index contributed by atoms with van der Waals surface area (Å²) < 4.78 is 7.19. The molecule has 0 aliphatic carbocycles. The Bertz CT molecular complexity index is 1150. The van der Waals surface area contributed by atoms with Crippen molar-refractivity contribution < 1.29 is 14.6 Å². The number of nitrogens with zero attached hydrogens (tertiary/aromatic N) is 4. The molecule has 3 aromatic rings. The van der Waals surface area contributed by atoms with Gasteiger partial charge >= 0.3 is 0 Å². The maximum Gasteiger partial charge on any atom is 0.253 e. The average molecular weight is 490 g/mol. The molecule has 2 N–H and O–H groups in total. The van der Waals surface area contributed by atoms with E-state index in [1.807, 2.05) is 59.4 Å². The number of methoxy groups -OCH3 is 1. The minimum Gasteiger partial charge on any atom is -0.497 e. The molecule has 0 spiro atoms. The molecule has 2 aliphatic heterocycles. The van der Waals surface area contributed by atoms with Crippen LogP contribution in [-0.4, -0.2) is 71.1 Å². The number of anilines is 1. The van der Waals surface area contributed by atoms with Gasteiger partial charge in [0.15, 0.2) is 0 Å². The van der Waals surface area contributed by atoms with Crippen molar-refractivity contribution in [2.75, 3.05) is 38.2 Å². The van der Waals surface area contributed by atoms with Crippen LogP contribution in [-0.2, 0) is 6.54 Å². The number of benzene rings is 2. The lowest BCUT2D eigenvalue weighted by Gasteiger charge is -2.34. The van der Waals surface area contributed by atoms with Crippen LogP contribution in [0.5, 0.6) is 5.75 Å². The molecule has 1 atom stereocenters. The summed E-state index contributed by atoms with van der Waals surface area (Å²) in [6, 6.07) is 16.3. The van der Waals surface area contributed by atoms with E-state index in [0.717, 1.165) is 74.6 Å². The van der Waals surface area contributed by atoms with Gasteiger partial charge in [-0.15, -0.1) is 0 Å². The Morgan fingerprint density at radius 3 is 2.64 bits per heavy atom. The van der Waals surface area contributed by atoms with Gasteiger partial charge < -0.3 is 25.0 Å². The number of rotatable bonds is 7. The quantitative estimate of drug-likeness (QED) is 0.530. The van der Waals surface area contributed by atoms with Gasteiger partial charge in [-0.3, -0.25) is 4.79 Å². The van der Waals surface area contributed by atoms with Crippen molar-refractivity contribution in [3.8, 4) is 11.4 Å². The fourth-order valence-corrected chi connectivity index (χ4v) is 5.09. The number of aliphatic hydroxyl groups is 1. The Morgan fingerprint density at radius 1 is 1.08 bits per heavy atom. The Labute approximate surface area is 212 Å². The molecule has 0 bridgehead atoms. The second-order valence-corrected chi connectivity index (χ2v) is 9.73. The van der Waals surface area contributed by atoms with Gasteiger partial charge in [-0.25, -0.2) is 4.68 Å². The summed E-state index contributed by atoms with van der Waals surface area (Å²) in [5, 5.41) is 18.1. The molecule has 2 aliphatic rings. The number of piperidine rings is 2. The topological polar surface area (TPSA) is 82.9 Å². The van der Waals surface area contributed by atoms with E-state index < -0.39 is 6.10 Å². The van der Waals surface area contributed by atoms with E-state index in [9.17, 15) is 9.90 Å². The van der Waals surface area contributed by atoms with Crippen LogP contribution in [0.3, 0.4) is 0 Å². The van der Waals surface area contributed by atoms with Crippen LogP contribution in [0, 0.1) is 0 Å². The van der Waals surface area contributed by atoms with Gasteiger partial charge in [0.05, 0.1) is 25.1 Å². The van der Waals surface area contributed by atoms with Crippen LogP contribution in [0.1, 0.15) is 41.6 Å². The lowest BCUT2D eigenvalue weighted by atomic mass is 10.0.